The number of hydrogen-bond donors (Lipinski definition) is 1. The summed E-state index contributed by atoms with van der Waals surface area (Å²) < 4.78 is 0. The molecule has 3 heterocycles. The monoisotopic (exact) mass is 313 g/mol. The Labute approximate surface area is 122 Å². The third-order valence-corrected chi connectivity index (χ3v) is 5.55. The molecule has 9 heteroatoms. The first-order valence-corrected chi connectivity index (χ1v) is 7.99. The molecule has 2 aliphatic heterocycles. The molecule has 7 nitrogen and oxygen atoms in total. The van der Waals surface area contributed by atoms with Gasteiger partial charge in [0.15, 0.2) is 0 Å². The van der Waals surface area contributed by atoms with E-state index in [-0.39, 0.29) is 17.5 Å². The number of hydrogen-bond acceptors (Lipinski definition) is 6. The second-order valence-corrected chi connectivity index (χ2v) is 6.75. The first-order chi connectivity index (χ1) is 9.52. The van der Waals surface area contributed by atoms with Crippen molar-refractivity contribution in [2.75, 3.05) is 11.5 Å². The molecular weight excluding hydrogens is 302 g/mol. The van der Waals surface area contributed by atoms with Crippen molar-refractivity contribution in [1.29, 1.82) is 0 Å². The van der Waals surface area contributed by atoms with Gasteiger partial charge < -0.3 is 5.32 Å². The second-order valence-electron chi connectivity index (χ2n) is 4.76. The quantitative estimate of drug-likeness (QED) is 0.519. The van der Waals surface area contributed by atoms with Gasteiger partial charge in [0.1, 0.15) is 5.54 Å². The van der Waals surface area contributed by atoms with Crippen molar-refractivity contribution in [2.24, 2.45) is 0 Å². The molecule has 0 aliphatic carbocycles. The molecule has 1 spiro atoms. The molecule has 1 aromatic heterocycles. The Morgan fingerprint density at radius 1 is 1.50 bits per heavy atom. The summed E-state index contributed by atoms with van der Waals surface area (Å²) in [5, 5.41) is 15.0. The predicted octanol–water partition coefficient (Wildman–Crippen LogP) is 1.58. The molecule has 0 unspecified atom stereocenters. The van der Waals surface area contributed by atoms with E-state index < -0.39 is 16.5 Å². The van der Waals surface area contributed by atoms with Crippen molar-refractivity contribution in [3.63, 3.8) is 0 Å². The number of urea groups is 1. The molecular formula is C11H11N3O4S2. The van der Waals surface area contributed by atoms with Crippen molar-refractivity contribution in [2.45, 2.75) is 18.5 Å². The average Bonchev–Trinajstić information content (AvgIpc) is 3.08. The minimum Gasteiger partial charge on any atom is -0.322 e. The Bertz CT molecular complexity index is 594. The molecule has 0 radical (unpaired) electrons. The molecule has 2 saturated heterocycles. The van der Waals surface area contributed by atoms with Crippen LogP contribution in [-0.4, -0.2) is 38.8 Å². The fourth-order valence-electron chi connectivity index (χ4n) is 2.38. The van der Waals surface area contributed by atoms with E-state index in [0.717, 1.165) is 22.0 Å². The van der Waals surface area contributed by atoms with Gasteiger partial charge in [-0.3, -0.25) is 19.8 Å². The Hall–Kier alpha value is -1.61. The number of amides is 3. The van der Waals surface area contributed by atoms with Crippen LogP contribution in [0.1, 0.15) is 12.0 Å². The lowest BCUT2D eigenvalue weighted by atomic mass is 9.99. The number of nitro groups is 1. The van der Waals surface area contributed by atoms with Crippen LogP contribution in [0.4, 0.5) is 9.80 Å². The minimum absolute atomic E-state index is 0.0122. The molecule has 1 N–H and O–H groups in total. The van der Waals surface area contributed by atoms with Crippen LogP contribution in [0, 0.1) is 10.1 Å². The van der Waals surface area contributed by atoms with Crippen LogP contribution < -0.4 is 5.32 Å². The summed E-state index contributed by atoms with van der Waals surface area (Å²) in [5.41, 5.74) is -0.156. The van der Waals surface area contributed by atoms with E-state index in [4.69, 9.17) is 0 Å². The number of nitrogens with zero attached hydrogens (tertiary/aromatic N) is 2. The molecule has 1 atom stereocenters. The highest BCUT2D eigenvalue weighted by Crippen LogP contribution is 2.34. The van der Waals surface area contributed by atoms with Crippen LogP contribution in [0.25, 0.3) is 0 Å². The Balaban J connectivity index is 1.78. The topological polar surface area (TPSA) is 92.6 Å². The van der Waals surface area contributed by atoms with E-state index in [0.29, 0.717) is 17.7 Å². The van der Waals surface area contributed by atoms with E-state index in [1.165, 1.54) is 6.07 Å². The summed E-state index contributed by atoms with van der Waals surface area (Å²) in [5.74, 6) is 1.23. The van der Waals surface area contributed by atoms with Crippen molar-refractivity contribution in [3.8, 4) is 0 Å². The van der Waals surface area contributed by atoms with Crippen molar-refractivity contribution in [1.82, 2.24) is 10.2 Å². The fourth-order valence-corrected chi connectivity index (χ4v) is 4.42. The molecule has 2 fully saturated rings. The zero-order chi connectivity index (χ0) is 14.3. The molecule has 0 bridgehead atoms. The minimum atomic E-state index is -0.760. The maximum Gasteiger partial charge on any atom is 0.325 e. The number of carbonyl (C=O) groups is 2. The molecule has 0 aromatic carbocycles. The van der Waals surface area contributed by atoms with Gasteiger partial charge in [-0.15, -0.1) is 0 Å². The van der Waals surface area contributed by atoms with Gasteiger partial charge in [-0.25, -0.2) is 4.79 Å². The van der Waals surface area contributed by atoms with Crippen LogP contribution in [0.5, 0.6) is 0 Å². The van der Waals surface area contributed by atoms with Gasteiger partial charge in [0, 0.05) is 17.2 Å². The maximum absolute atomic E-state index is 12.4. The van der Waals surface area contributed by atoms with Gasteiger partial charge >= 0.3 is 11.0 Å². The van der Waals surface area contributed by atoms with Crippen molar-refractivity contribution < 1.29 is 14.5 Å². The second kappa shape index (κ2) is 4.74. The highest BCUT2D eigenvalue weighted by molar-refractivity contribution is 7.99. The molecule has 20 heavy (non-hydrogen) atoms. The summed E-state index contributed by atoms with van der Waals surface area (Å²) in [7, 11) is 0. The van der Waals surface area contributed by atoms with Gasteiger partial charge in [0.25, 0.3) is 5.91 Å². The van der Waals surface area contributed by atoms with Crippen LogP contribution in [0.3, 0.4) is 0 Å². The summed E-state index contributed by atoms with van der Waals surface area (Å²) >= 11 is 2.64. The highest BCUT2D eigenvalue weighted by Gasteiger charge is 2.52. The summed E-state index contributed by atoms with van der Waals surface area (Å²) in [6, 6.07) is 0.992. The first kappa shape index (κ1) is 13.4. The molecule has 2 aliphatic rings. The third-order valence-electron chi connectivity index (χ3n) is 3.43. The molecule has 3 rings (SSSR count). The van der Waals surface area contributed by atoms with E-state index in [9.17, 15) is 19.7 Å². The lowest BCUT2D eigenvalue weighted by Crippen LogP contribution is -2.46. The molecule has 1 aromatic rings. The van der Waals surface area contributed by atoms with Gasteiger partial charge in [-0.2, -0.15) is 11.8 Å². The van der Waals surface area contributed by atoms with E-state index >= 15 is 0 Å². The number of rotatable bonds is 3. The summed E-state index contributed by atoms with van der Waals surface area (Å²) in [4.78, 5) is 35.6. The van der Waals surface area contributed by atoms with Gasteiger partial charge in [-0.1, -0.05) is 11.3 Å². The normalized spacial score (nSPS) is 25.5. The molecule has 3 amide bonds. The Morgan fingerprint density at radius 2 is 2.30 bits per heavy atom. The average molecular weight is 313 g/mol. The number of carbonyl (C=O) groups excluding carboxylic acids is 2. The Morgan fingerprint density at radius 3 is 2.90 bits per heavy atom. The van der Waals surface area contributed by atoms with E-state index in [1.54, 1.807) is 17.1 Å². The van der Waals surface area contributed by atoms with Crippen molar-refractivity contribution >= 4 is 40.0 Å². The van der Waals surface area contributed by atoms with E-state index in [1.807, 2.05) is 0 Å². The largest absolute Gasteiger partial charge is 0.325 e. The Kier molecular flexibility index (Phi) is 3.17. The standard InChI is InChI=1S/C11H11N3O4S2/c15-9-11(1-2-19-6-11)12-10(16)13(9)4-7-3-8(14(17)18)20-5-7/h3,5H,1-2,4,6H2,(H,12,16)/t11-/m0/s1. The van der Waals surface area contributed by atoms with E-state index in [2.05, 4.69) is 5.32 Å². The van der Waals surface area contributed by atoms with Gasteiger partial charge in [0.05, 0.1) is 11.5 Å². The van der Waals surface area contributed by atoms with Crippen LogP contribution in [0.2, 0.25) is 0 Å². The molecule has 0 saturated carbocycles. The van der Waals surface area contributed by atoms with Crippen LogP contribution in [-0.2, 0) is 11.3 Å². The zero-order valence-electron chi connectivity index (χ0n) is 10.3. The summed E-state index contributed by atoms with van der Waals surface area (Å²) in [6.07, 6.45) is 0.641. The number of nitrogens with one attached hydrogen (secondary N) is 1. The van der Waals surface area contributed by atoms with Gasteiger partial charge in [-0.05, 0) is 17.7 Å². The highest BCUT2D eigenvalue weighted by atomic mass is 32.2. The smallest absolute Gasteiger partial charge is 0.322 e. The van der Waals surface area contributed by atoms with Crippen LogP contribution in [0.15, 0.2) is 11.4 Å². The molecule has 106 valence electrons. The number of imide groups is 1. The third kappa shape index (κ3) is 2.06. The summed E-state index contributed by atoms with van der Waals surface area (Å²) in [6.45, 7) is 0.0847. The number of thiophene rings is 1. The first-order valence-electron chi connectivity index (χ1n) is 5.95. The number of thioether (sulfide) groups is 1. The fraction of sp³-hybridized carbons (Fsp3) is 0.455. The lowest BCUT2D eigenvalue weighted by molar-refractivity contribution is -0.380. The van der Waals surface area contributed by atoms with Crippen LogP contribution >= 0.6 is 23.1 Å². The SMILES string of the molecule is O=C1N[C@]2(CCSC2)C(=O)N1Cc1csc([N+](=O)[O-])c1. The predicted molar refractivity (Wildman–Crippen MR) is 74.7 cm³/mol. The zero-order valence-corrected chi connectivity index (χ0v) is 12.0. The maximum atomic E-state index is 12.4. The van der Waals surface area contributed by atoms with Gasteiger partial charge in [0.2, 0.25) is 0 Å². The lowest BCUT2D eigenvalue weighted by Gasteiger charge is -2.18. The van der Waals surface area contributed by atoms with Crippen molar-refractivity contribution in [3.05, 3.63) is 27.1 Å².